The van der Waals surface area contributed by atoms with Crippen molar-refractivity contribution in [3.63, 3.8) is 0 Å². The van der Waals surface area contributed by atoms with Gasteiger partial charge < -0.3 is 9.40 Å². The molecule has 0 aliphatic heterocycles. The van der Waals surface area contributed by atoms with Gasteiger partial charge in [0.25, 0.3) is 0 Å². The van der Waals surface area contributed by atoms with Gasteiger partial charge in [0.2, 0.25) is 5.56 Å². The number of furan rings is 1. The lowest BCUT2D eigenvalue weighted by atomic mass is 10.1. The van der Waals surface area contributed by atoms with Crippen LogP contribution < -0.4 is 5.56 Å². The Balaban J connectivity index is 2.28. The fourth-order valence-corrected chi connectivity index (χ4v) is 2.24. The lowest BCUT2D eigenvalue weighted by Crippen LogP contribution is -2.08. The summed E-state index contributed by atoms with van der Waals surface area (Å²) in [6, 6.07) is 5.42. The van der Waals surface area contributed by atoms with Crippen LogP contribution in [0.25, 0.3) is 11.5 Å². The average Bonchev–Trinajstić information content (AvgIpc) is 2.86. The summed E-state index contributed by atoms with van der Waals surface area (Å²) in [5.41, 5.74) is 3.23. The van der Waals surface area contributed by atoms with Crippen LogP contribution in [0.5, 0.6) is 0 Å². The number of hydrogen-bond acceptors (Lipinski definition) is 2. The smallest absolute Gasteiger partial charge is 0.248 e. The molecule has 3 heteroatoms. The highest BCUT2D eigenvalue weighted by Crippen LogP contribution is 2.29. The van der Waals surface area contributed by atoms with Crippen LogP contribution in [-0.4, -0.2) is 4.98 Å². The van der Waals surface area contributed by atoms with Crippen LogP contribution in [0.15, 0.2) is 33.7 Å². The van der Waals surface area contributed by atoms with Gasteiger partial charge in [0.1, 0.15) is 5.76 Å². The molecule has 0 saturated carbocycles. The predicted molar refractivity (Wildman–Crippen MR) is 56.8 cm³/mol. The Morgan fingerprint density at radius 3 is 3.07 bits per heavy atom. The minimum atomic E-state index is -0.0398. The Morgan fingerprint density at radius 1 is 1.33 bits per heavy atom. The Labute approximate surface area is 86.8 Å². The fourth-order valence-electron chi connectivity index (χ4n) is 2.24. The number of pyridine rings is 1. The summed E-state index contributed by atoms with van der Waals surface area (Å²) in [6.07, 6.45) is 4.79. The van der Waals surface area contributed by atoms with Gasteiger partial charge in [-0.15, -0.1) is 0 Å². The second-order valence-corrected chi connectivity index (χ2v) is 3.84. The third kappa shape index (κ3) is 1.31. The van der Waals surface area contributed by atoms with Crippen molar-refractivity contribution in [1.29, 1.82) is 0 Å². The van der Waals surface area contributed by atoms with Crippen LogP contribution in [-0.2, 0) is 12.8 Å². The van der Waals surface area contributed by atoms with Crippen molar-refractivity contribution in [3.05, 3.63) is 45.9 Å². The summed E-state index contributed by atoms with van der Waals surface area (Å²) in [4.78, 5) is 14.3. The van der Waals surface area contributed by atoms with Gasteiger partial charge in [-0.25, -0.2) is 0 Å². The SMILES string of the molecule is O=c1cc2c(c(-c3ccco3)[nH]1)CCC2. The van der Waals surface area contributed by atoms with Crippen molar-refractivity contribution in [2.24, 2.45) is 0 Å². The largest absolute Gasteiger partial charge is 0.463 e. The Morgan fingerprint density at radius 2 is 2.27 bits per heavy atom. The highest BCUT2D eigenvalue weighted by molar-refractivity contribution is 5.60. The quantitative estimate of drug-likeness (QED) is 0.768. The summed E-state index contributed by atoms with van der Waals surface area (Å²) in [7, 11) is 0. The summed E-state index contributed by atoms with van der Waals surface area (Å²) in [6.45, 7) is 0. The number of fused-ring (bicyclic) bond motifs is 1. The molecule has 0 saturated heterocycles. The van der Waals surface area contributed by atoms with E-state index in [1.807, 2.05) is 12.1 Å². The Bertz CT molecular complexity index is 537. The molecule has 3 nitrogen and oxygen atoms in total. The molecule has 1 aliphatic carbocycles. The second kappa shape index (κ2) is 3.12. The topological polar surface area (TPSA) is 46.0 Å². The average molecular weight is 201 g/mol. The summed E-state index contributed by atoms with van der Waals surface area (Å²) < 4.78 is 5.33. The molecule has 3 rings (SSSR count). The first-order chi connectivity index (χ1) is 7.34. The van der Waals surface area contributed by atoms with E-state index in [2.05, 4.69) is 4.98 Å². The Hall–Kier alpha value is -1.77. The molecule has 2 aromatic heterocycles. The lowest BCUT2D eigenvalue weighted by molar-refractivity contribution is 0.579. The third-order valence-corrected chi connectivity index (χ3v) is 2.88. The maximum absolute atomic E-state index is 11.4. The van der Waals surface area contributed by atoms with Crippen molar-refractivity contribution in [2.45, 2.75) is 19.3 Å². The molecule has 0 spiro atoms. The molecule has 2 aromatic rings. The fraction of sp³-hybridized carbons (Fsp3) is 0.250. The van der Waals surface area contributed by atoms with Gasteiger partial charge in [0.05, 0.1) is 12.0 Å². The van der Waals surface area contributed by atoms with Gasteiger partial charge in [-0.1, -0.05) is 0 Å². The van der Waals surface area contributed by atoms with E-state index in [4.69, 9.17) is 4.42 Å². The number of hydrogen-bond donors (Lipinski definition) is 1. The molecule has 0 amide bonds. The van der Waals surface area contributed by atoms with Gasteiger partial charge in [-0.3, -0.25) is 4.79 Å². The van der Waals surface area contributed by atoms with Gasteiger partial charge in [0.15, 0.2) is 0 Å². The molecule has 2 heterocycles. The second-order valence-electron chi connectivity index (χ2n) is 3.84. The molecule has 15 heavy (non-hydrogen) atoms. The van der Waals surface area contributed by atoms with E-state index >= 15 is 0 Å². The van der Waals surface area contributed by atoms with E-state index < -0.39 is 0 Å². The van der Waals surface area contributed by atoms with Crippen molar-refractivity contribution >= 4 is 0 Å². The molecule has 1 aliphatic rings. The zero-order valence-corrected chi connectivity index (χ0v) is 8.25. The van der Waals surface area contributed by atoms with Gasteiger partial charge in [0, 0.05) is 6.07 Å². The maximum Gasteiger partial charge on any atom is 0.248 e. The molecule has 1 N–H and O–H groups in total. The van der Waals surface area contributed by atoms with Crippen molar-refractivity contribution < 1.29 is 4.42 Å². The minimum Gasteiger partial charge on any atom is -0.463 e. The number of H-pyrrole nitrogens is 1. The molecule has 76 valence electrons. The molecule has 0 radical (unpaired) electrons. The van der Waals surface area contributed by atoms with Crippen LogP contribution >= 0.6 is 0 Å². The van der Waals surface area contributed by atoms with Crippen LogP contribution in [0.4, 0.5) is 0 Å². The van der Waals surface area contributed by atoms with Crippen molar-refractivity contribution in [1.82, 2.24) is 4.98 Å². The van der Waals surface area contributed by atoms with Crippen molar-refractivity contribution in [2.75, 3.05) is 0 Å². The third-order valence-electron chi connectivity index (χ3n) is 2.88. The van der Waals surface area contributed by atoms with Crippen LogP contribution in [0.2, 0.25) is 0 Å². The summed E-state index contributed by atoms with van der Waals surface area (Å²) >= 11 is 0. The van der Waals surface area contributed by atoms with Crippen LogP contribution in [0.3, 0.4) is 0 Å². The first kappa shape index (κ1) is 8.53. The maximum atomic E-state index is 11.4. The molecular weight excluding hydrogens is 190 g/mol. The monoisotopic (exact) mass is 201 g/mol. The highest BCUT2D eigenvalue weighted by Gasteiger charge is 2.18. The van der Waals surface area contributed by atoms with Gasteiger partial charge in [-0.2, -0.15) is 0 Å². The van der Waals surface area contributed by atoms with Gasteiger partial charge in [-0.05, 0) is 42.5 Å². The highest BCUT2D eigenvalue weighted by atomic mass is 16.3. The molecule has 0 fully saturated rings. The normalized spacial score (nSPS) is 14.1. The number of aromatic amines is 1. The first-order valence-electron chi connectivity index (χ1n) is 5.13. The molecule has 0 aromatic carbocycles. The van der Waals surface area contributed by atoms with E-state index in [9.17, 15) is 4.79 Å². The molecule has 0 unspecified atom stereocenters. The molecule has 0 bridgehead atoms. The summed E-state index contributed by atoms with van der Waals surface area (Å²) in [5, 5.41) is 0. The molecule has 0 atom stereocenters. The van der Waals surface area contributed by atoms with Crippen molar-refractivity contribution in [3.8, 4) is 11.5 Å². The van der Waals surface area contributed by atoms with E-state index in [1.165, 1.54) is 11.1 Å². The standard InChI is InChI=1S/C12H11NO2/c14-11-7-8-3-1-4-9(8)12(13-11)10-5-2-6-15-10/h2,5-7H,1,3-4H2,(H,13,14). The van der Waals surface area contributed by atoms with Gasteiger partial charge >= 0.3 is 0 Å². The van der Waals surface area contributed by atoms with E-state index in [1.54, 1.807) is 12.3 Å². The van der Waals surface area contributed by atoms with E-state index in [0.717, 1.165) is 30.7 Å². The molecular formula is C12H11NO2. The number of aromatic nitrogens is 1. The first-order valence-corrected chi connectivity index (χ1v) is 5.13. The lowest BCUT2D eigenvalue weighted by Gasteiger charge is -2.04. The summed E-state index contributed by atoms with van der Waals surface area (Å²) in [5.74, 6) is 0.755. The van der Waals surface area contributed by atoms with E-state index in [-0.39, 0.29) is 5.56 Å². The van der Waals surface area contributed by atoms with Crippen LogP contribution in [0, 0.1) is 0 Å². The zero-order chi connectivity index (χ0) is 10.3. The number of aryl methyl sites for hydroxylation is 1. The zero-order valence-electron chi connectivity index (χ0n) is 8.25. The number of nitrogens with one attached hydrogen (secondary N) is 1. The number of rotatable bonds is 1. The minimum absolute atomic E-state index is 0.0398. The van der Waals surface area contributed by atoms with E-state index in [0.29, 0.717) is 0 Å². The predicted octanol–water partition coefficient (Wildman–Crippen LogP) is 2.12. The Kier molecular flexibility index (Phi) is 1.78. The van der Waals surface area contributed by atoms with Crippen LogP contribution in [0.1, 0.15) is 17.5 Å².